The van der Waals surface area contributed by atoms with Crippen LogP contribution in [0.4, 0.5) is 0 Å². The van der Waals surface area contributed by atoms with Gasteiger partial charge in [0.1, 0.15) is 11.6 Å². The Morgan fingerprint density at radius 2 is 1.92 bits per heavy atom. The summed E-state index contributed by atoms with van der Waals surface area (Å²) in [6.07, 6.45) is 0. The normalized spacial score (nSPS) is 12.5. The van der Waals surface area contributed by atoms with Crippen LogP contribution >= 0.6 is 11.6 Å². The topological polar surface area (TPSA) is 67.0 Å². The van der Waals surface area contributed by atoms with Crippen LogP contribution in [-0.4, -0.2) is 17.1 Å². The molecule has 6 heteroatoms. The number of benzene rings is 2. The number of rotatable bonds is 6. The van der Waals surface area contributed by atoms with Crippen molar-refractivity contribution in [2.45, 2.75) is 26.4 Å². The lowest BCUT2D eigenvalue weighted by molar-refractivity contribution is 0.401. The standard InChI is InChI=1S/C20H22ClN3O2/c1-12(2)19(13-4-7-15(26-3)8-5-13)22-11-18-23-17-10-14(21)6-9-16(17)20(25)24-18/h4-10,12,19,22H,11H2,1-3H3,(H,23,24,25)/t19-/m0/s1. The number of aromatic nitrogens is 2. The average Bonchev–Trinajstić information content (AvgIpc) is 2.61. The summed E-state index contributed by atoms with van der Waals surface area (Å²) in [6, 6.07) is 13.2. The van der Waals surface area contributed by atoms with Gasteiger partial charge in [-0.15, -0.1) is 0 Å². The molecule has 0 fully saturated rings. The summed E-state index contributed by atoms with van der Waals surface area (Å²) in [5, 5.41) is 4.59. The fourth-order valence-electron chi connectivity index (χ4n) is 3.00. The largest absolute Gasteiger partial charge is 0.497 e. The Kier molecular flexibility index (Phi) is 5.59. The van der Waals surface area contributed by atoms with Gasteiger partial charge >= 0.3 is 0 Å². The SMILES string of the molecule is COc1ccc([C@@H](NCc2nc3cc(Cl)ccc3c(=O)[nH]2)C(C)C)cc1. The van der Waals surface area contributed by atoms with Crippen LogP contribution in [0.25, 0.3) is 10.9 Å². The first-order valence-corrected chi connectivity index (χ1v) is 8.91. The number of nitrogens with one attached hydrogen (secondary N) is 2. The fraction of sp³-hybridized carbons (Fsp3) is 0.300. The van der Waals surface area contributed by atoms with E-state index in [4.69, 9.17) is 16.3 Å². The Morgan fingerprint density at radius 1 is 1.19 bits per heavy atom. The van der Waals surface area contributed by atoms with Crippen LogP contribution in [0.1, 0.15) is 31.3 Å². The zero-order valence-electron chi connectivity index (χ0n) is 15.0. The van der Waals surface area contributed by atoms with Crippen LogP contribution < -0.4 is 15.6 Å². The molecule has 0 aliphatic rings. The summed E-state index contributed by atoms with van der Waals surface area (Å²) in [5.74, 6) is 1.78. The number of hydrogen-bond acceptors (Lipinski definition) is 4. The molecule has 1 aromatic heterocycles. The first-order valence-electron chi connectivity index (χ1n) is 8.53. The first kappa shape index (κ1) is 18.4. The maximum atomic E-state index is 12.2. The lowest BCUT2D eigenvalue weighted by atomic mass is 9.96. The molecule has 0 amide bonds. The number of methoxy groups -OCH3 is 1. The van der Waals surface area contributed by atoms with E-state index in [-0.39, 0.29) is 11.6 Å². The highest BCUT2D eigenvalue weighted by atomic mass is 35.5. The van der Waals surface area contributed by atoms with Crippen molar-refractivity contribution >= 4 is 22.5 Å². The minimum atomic E-state index is -0.158. The molecule has 2 N–H and O–H groups in total. The third-order valence-electron chi connectivity index (χ3n) is 4.35. The lowest BCUT2D eigenvalue weighted by Gasteiger charge is -2.23. The van der Waals surface area contributed by atoms with Gasteiger partial charge in [0.05, 0.1) is 24.6 Å². The van der Waals surface area contributed by atoms with Gasteiger partial charge in [-0.25, -0.2) is 4.98 Å². The molecule has 1 heterocycles. The van der Waals surface area contributed by atoms with Gasteiger partial charge in [0.15, 0.2) is 0 Å². The number of nitrogens with zero attached hydrogens (tertiary/aromatic N) is 1. The van der Waals surface area contributed by atoms with Gasteiger partial charge < -0.3 is 15.0 Å². The molecule has 2 aromatic carbocycles. The minimum absolute atomic E-state index is 0.126. The molecule has 0 unspecified atom stereocenters. The highest BCUT2D eigenvalue weighted by Crippen LogP contribution is 2.24. The van der Waals surface area contributed by atoms with E-state index >= 15 is 0 Å². The van der Waals surface area contributed by atoms with E-state index in [1.807, 2.05) is 24.3 Å². The molecular weight excluding hydrogens is 350 g/mol. The van der Waals surface area contributed by atoms with Crippen molar-refractivity contribution < 1.29 is 4.74 Å². The summed E-state index contributed by atoms with van der Waals surface area (Å²) in [7, 11) is 1.65. The maximum absolute atomic E-state index is 12.2. The van der Waals surface area contributed by atoms with Gasteiger partial charge in [-0.3, -0.25) is 4.79 Å². The molecule has 3 rings (SSSR count). The zero-order chi connectivity index (χ0) is 18.7. The third-order valence-corrected chi connectivity index (χ3v) is 4.58. The van der Waals surface area contributed by atoms with Gasteiger partial charge in [-0.1, -0.05) is 37.6 Å². The molecule has 0 aliphatic heterocycles. The van der Waals surface area contributed by atoms with Gasteiger partial charge in [-0.05, 0) is 41.8 Å². The predicted molar refractivity (Wildman–Crippen MR) is 105 cm³/mol. The molecule has 5 nitrogen and oxygen atoms in total. The van der Waals surface area contributed by atoms with E-state index in [1.165, 1.54) is 0 Å². The summed E-state index contributed by atoms with van der Waals surface area (Å²) >= 11 is 6.02. The van der Waals surface area contributed by atoms with Gasteiger partial charge in [0, 0.05) is 11.1 Å². The quantitative estimate of drug-likeness (QED) is 0.685. The van der Waals surface area contributed by atoms with Crippen molar-refractivity contribution in [2.75, 3.05) is 7.11 Å². The Hall–Kier alpha value is -2.37. The molecule has 136 valence electrons. The van der Waals surface area contributed by atoms with Crippen molar-refractivity contribution in [3.8, 4) is 5.75 Å². The van der Waals surface area contributed by atoms with E-state index in [2.05, 4.69) is 29.1 Å². The minimum Gasteiger partial charge on any atom is -0.497 e. The Balaban J connectivity index is 1.82. The van der Waals surface area contributed by atoms with Gasteiger partial charge in [-0.2, -0.15) is 0 Å². The second-order valence-corrected chi connectivity index (χ2v) is 6.99. The molecule has 0 radical (unpaired) electrons. The number of fused-ring (bicyclic) bond motifs is 1. The molecule has 0 aliphatic carbocycles. The number of aromatic amines is 1. The monoisotopic (exact) mass is 371 g/mol. The maximum Gasteiger partial charge on any atom is 0.258 e. The average molecular weight is 372 g/mol. The summed E-state index contributed by atoms with van der Waals surface area (Å²) in [4.78, 5) is 19.6. The van der Waals surface area contributed by atoms with Crippen molar-refractivity contribution in [1.29, 1.82) is 0 Å². The molecule has 3 aromatic rings. The summed E-state index contributed by atoms with van der Waals surface area (Å²) < 4.78 is 5.22. The number of halogens is 1. The fourth-order valence-corrected chi connectivity index (χ4v) is 3.17. The van der Waals surface area contributed by atoms with Gasteiger partial charge in [0.25, 0.3) is 5.56 Å². The van der Waals surface area contributed by atoms with Crippen LogP contribution in [0.2, 0.25) is 5.02 Å². The summed E-state index contributed by atoms with van der Waals surface area (Å²) in [6.45, 7) is 4.75. The Morgan fingerprint density at radius 3 is 2.58 bits per heavy atom. The van der Waals surface area contributed by atoms with E-state index in [1.54, 1.807) is 25.3 Å². The first-order chi connectivity index (χ1) is 12.5. The van der Waals surface area contributed by atoms with E-state index in [0.29, 0.717) is 34.2 Å². The van der Waals surface area contributed by atoms with Crippen molar-refractivity contribution in [1.82, 2.24) is 15.3 Å². The zero-order valence-corrected chi connectivity index (χ0v) is 15.8. The highest BCUT2D eigenvalue weighted by Gasteiger charge is 2.16. The molecule has 0 saturated heterocycles. The molecule has 0 spiro atoms. The number of hydrogen-bond donors (Lipinski definition) is 2. The van der Waals surface area contributed by atoms with Crippen LogP contribution in [0.5, 0.6) is 5.75 Å². The van der Waals surface area contributed by atoms with E-state index in [9.17, 15) is 4.79 Å². The molecule has 1 atom stereocenters. The van der Waals surface area contributed by atoms with Crippen molar-refractivity contribution in [3.05, 3.63) is 69.2 Å². The van der Waals surface area contributed by atoms with Crippen molar-refractivity contribution in [2.24, 2.45) is 5.92 Å². The van der Waals surface area contributed by atoms with E-state index < -0.39 is 0 Å². The van der Waals surface area contributed by atoms with Crippen LogP contribution in [0.3, 0.4) is 0 Å². The van der Waals surface area contributed by atoms with Crippen molar-refractivity contribution in [3.63, 3.8) is 0 Å². The number of ether oxygens (including phenoxy) is 1. The molecule has 0 saturated carbocycles. The molecule has 0 bridgehead atoms. The Labute approximate surface area is 157 Å². The number of H-pyrrole nitrogens is 1. The smallest absolute Gasteiger partial charge is 0.258 e. The molecule has 26 heavy (non-hydrogen) atoms. The Bertz CT molecular complexity index is 951. The third kappa shape index (κ3) is 4.06. The van der Waals surface area contributed by atoms with Gasteiger partial charge in [0.2, 0.25) is 0 Å². The predicted octanol–water partition coefficient (Wildman–Crippen LogP) is 4.07. The highest BCUT2D eigenvalue weighted by molar-refractivity contribution is 6.31. The lowest BCUT2D eigenvalue weighted by Crippen LogP contribution is -2.27. The molecular formula is C20H22ClN3O2. The van der Waals surface area contributed by atoms with Crippen LogP contribution in [0, 0.1) is 5.92 Å². The van der Waals surface area contributed by atoms with E-state index in [0.717, 1.165) is 11.3 Å². The van der Waals surface area contributed by atoms with Crippen LogP contribution in [0.15, 0.2) is 47.3 Å². The second-order valence-electron chi connectivity index (χ2n) is 6.55. The second kappa shape index (κ2) is 7.89. The summed E-state index contributed by atoms with van der Waals surface area (Å²) in [5.41, 5.74) is 1.60. The van der Waals surface area contributed by atoms with Crippen LogP contribution in [-0.2, 0) is 6.54 Å².